The van der Waals surface area contributed by atoms with E-state index in [2.05, 4.69) is 21.9 Å². The lowest BCUT2D eigenvalue weighted by Gasteiger charge is -2.21. The Morgan fingerprint density at radius 2 is 1.77 bits per heavy atom. The van der Waals surface area contributed by atoms with Crippen molar-refractivity contribution in [3.05, 3.63) is 5.82 Å². The maximum absolute atomic E-state index is 11.0. The number of carbonyl (C=O) groups excluding carboxylic acids is 1. The number of aromatic nitrogens is 3. The first-order valence-electron chi connectivity index (χ1n) is 7.18. The Hall–Kier alpha value is -1.84. The second-order valence-electron chi connectivity index (χ2n) is 5.45. The highest BCUT2D eigenvalue weighted by molar-refractivity contribution is 5.70. The van der Waals surface area contributed by atoms with Crippen molar-refractivity contribution in [2.45, 2.75) is 32.1 Å². The van der Waals surface area contributed by atoms with E-state index in [0.717, 1.165) is 29.1 Å². The molecule has 9 heteroatoms. The summed E-state index contributed by atoms with van der Waals surface area (Å²) >= 11 is 0. The standard InChI is InChI=1S/C13H21N5O4/c1-9-2-3-10(4-9)11-14-12(17(5-19)6-20)16-13(15-11)18(7-21)8-22/h5,9-10,20-22H,2-4,6-8H2,1H3. The van der Waals surface area contributed by atoms with E-state index in [9.17, 15) is 20.1 Å². The molecule has 1 aromatic heterocycles. The van der Waals surface area contributed by atoms with Crippen LogP contribution in [-0.4, -0.2) is 56.9 Å². The highest BCUT2D eigenvalue weighted by Gasteiger charge is 2.27. The zero-order valence-corrected chi connectivity index (χ0v) is 12.5. The zero-order chi connectivity index (χ0) is 16.1. The van der Waals surface area contributed by atoms with Gasteiger partial charge < -0.3 is 15.3 Å². The minimum atomic E-state index is -0.564. The van der Waals surface area contributed by atoms with Gasteiger partial charge in [0.15, 0.2) is 0 Å². The van der Waals surface area contributed by atoms with Crippen LogP contribution in [0.5, 0.6) is 0 Å². The van der Waals surface area contributed by atoms with Gasteiger partial charge in [-0.05, 0) is 25.2 Å². The van der Waals surface area contributed by atoms with Crippen molar-refractivity contribution < 1.29 is 20.1 Å². The Labute approximate surface area is 128 Å². The SMILES string of the molecule is CC1CCC(c2nc(N(C=O)CO)nc(N(CO)CO)n2)C1. The second-order valence-corrected chi connectivity index (χ2v) is 5.45. The van der Waals surface area contributed by atoms with Crippen molar-refractivity contribution in [1.29, 1.82) is 0 Å². The van der Waals surface area contributed by atoms with Gasteiger partial charge in [0.05, 0.1) is 0 Å². The Bertz CT molecular complexity index is 511. The van der Waals surface area contributed by atoms with Crippen LogP contribution in [0.15, 0.2) is 0 Å². The largest absolute Gasteiger partial charge is 0.376 e. The highest BCUT2D eigenvalue weighted by Crippen LogP contribution is 2.37. The number of aliphatic hydroxyl groups excluding tert-OH is 3. The number of carbonyl (C=O) groups is 1. The predicted octanol–water partition coefficient (Wildman–Crippen LogP) is -0.606. The van der Waals surface area contributed by atoms with Crippen LogP contribution in [0.4, 0.5) is 11.9 Å². The monoisotopic (exact) mass is 311 g/mol. The predicted molar refractivity (Wildman–Crippen MR) is 77.9 cm³/mol. The van der Waals surface area contributed by atoms with Crippen LogP contribution in [0.2, 0.25) is 0 Å². The molecule has 1 aliphatic rings. The number of hydrogen-bond donors (Lipinski definition) is 3. The lowest BCUT2D eigenvalue weighted by molar-refractivity contribution is -0.108. The van der Waals surface area contributed by atoms with E-state index in [0.29, 0.717) is 18.2 Å². The lowest BCUT2D eigenvalue weighted by atomic mass is 10.1. The number of rotatable bonds is 7. The molecular formula is C13H21N5O4. The molecule has 0 aliphatic heterocycles. The van der Waals surface area contributed by atoms with Gasteiger partial charge in [-0.2, -0.15) is 15.0 Å². The lowest BCUT2D eigenvalue weighted by Crippen LogP contribution is -2.30. The van der Waals surface area contributed by atoms with Crippen LogP contribution in [-0.2, 0) is 4.79 Å². The van der Waals surface area contributed by atoms with Crippen LogP contribution < -0.4 is 9.80 Å². The first-order valence-corrected chi connectivity index (χ1v) is 7.18. The second kappa shape index (κ2) is 7.43. The van der Waals surface area contributed by atoms with E-state index < -0.39 is 20.2 Å². The van der Waals surface area contributed by atoms with Gasteiger partial charge in [-0.1, -0.05) is 6.92 Å². The molecule has 1 fully saturated rings. The van der Waals surface area contributed by atoms with Crippen molar-refractivity contribution in [2.24, 2.45) is 5.92 Å². The fourth-order valence-electron chi connectivity index (χ4n) is 2.58. The first-order chi connectivity index (χ1) is 10.6. The molecule has 1 aromatic rings. The van der Waals surface area contributed by atoms with Gasteiger partial charge in [0.1, 0.15) is 26.0 Å². The molecule has 2 rings (SSSR count). The van der Waals surface area contributed by atoms with E-state index in [1.807, 2.05) is 0 Å². The van der Waals surface area contributed by atoms with Crippen molar-refractivity contribution >= 4 is 18.3 Å². The molecule has 1 saturated carbocycles. The van der Waals surface area contributed by atoms with Crippen molar-refractivity contribution in [1.82, 2.24) is 15.0 Å². The topological polar surface area (TPSA) is 123 Å². The summed E-state index contributed by atoms with van der Waals surface area (Å²) < 4.78 is 0. The Morgan fingerprint density at radius 3 is 2.27 bits per heavy atom. The fourth-order valence-corrected chi connectivity index (χ4v) is 2.58. The minimum absolute atomic E-state index is 0.00366. The van der Waals surface area contributed by atoms with Crippen LogP contribution >= 0.6 is 0 Å². The van der Waals surface area contributed by atoms with Gasteiger partial charge in [-0.25, -0.2) is 0 Å². The molecule has 3 N–H and O–H groups in total. The molecule has 1 amide bonds. The van der Waals surface area contributed by atoms with Crippen LogP contribution in [0, 0.1) is 5.92 Å². The smallest absolute Gasteiger partial charge is 0.238 e. The molecule has 9 nitrogen and oxygen atoms in total. The molecule has 0 saturated heterocycles. The molecule has 2 atom stereocenters. The van der Waals surface area contributed by atoms with Crippen LogP contribution in [0.25, 0.3) is 0 Å². The highest BCUT2D eigenvalue weighted by atomic mass is 16.3. The van der Waals surface area contributed by atoms with Crippen molar-refractivity contribution in [2.75, 3.05) is 30.0 Å². The summed E-state index contributed by atoms with van der Waals surface area (Å²) in [6.45, 7) is 0.648. The van der Waals surface area contributed by atoms with E-state index in [-0.39, 0.29) is 17.8 Å². The number of nitrogens with zero attached hydrogens (tertiary/aromatic N) is 5. The Morgan fingerprint density at radius 1 is 1.09 bits per heavy atom. The normalized spacial score (nSPS) is 20.9. The average molecular weight is 311 g/mol. The number of hydrogen-bond acceptors (Lipinski definition) is 8. The zero-order valence-electron chi connectivity index (χ0n) is 12.5. The van der Waals surface area contributed by atoms with E-state index in [1.165, 1.54) is 0 Å². The van der Waals surface area contributed by atoms with E-state index in [4.69, 9.17) is 0 Å². The Balaban J connectivity index is 2.41. The van der Waals surface area contributed by atoms with Gasteiger partial charge in [0.25, 0.3) is 0 Å². The third kappa shape index (κ3) is 3.49. The molecule has 0 radical (unpaired) electrons. The molecule has 122 valence electrons. The van der Waals surface area contributed by atoms with Gasteiger partial charge >= 0.3 is 0 Å². The summed E-state index contributed by atoms with van der Waals surface area (Å²) in [5.41, 5.74) is 0. The summed E-state index contributed by atoms with van der Waals surface area (Å²) in [5.74, 6) is 1.30. The Kier molecular flexibility index (Phi) is 5.58. The molecule has 1 heterocycles. The molecule has 0 aromatic carbocycles. The van der Waals surface area contributed by atoms with Gasteiger partial charge in [0.2, 0.25) is 18.3 Å². The van der Waals surface area contributed by atoms with Crippen molar-refractivity contribution in [3.8, 4) is 0 Å². The maximum atomic E-state index is 11.0. The number of aliphatic hydroxyl groups is 3. The molecule has 1 aliphatic carbocycles. The number of anilines is 2. The minimum Gasteiger partial charge on any atom is -0.376 e. The maximum Gasteiger partial charge on any atom is 0.238 e. The molecule has 0 bridgehead atoms. The average Bonchev–Trinajstić information content (AvgIpc) is 2.96. The third-order valence-corrected chi connectivity index (χ3v) is 3.85. The van der Waals surface area contributed by atoms with Gasteiger partial charge in [-0.15, -0.1) is 0 Å². The molecule has 22 heavy (non-hydrogen) atoms. The summed E-state index contributed by atoms with van der Waals surface area (Å²) in [6, 6.07) is 0. The fraction of sp³-hybridized carbons (Fsp3) is 0.692. The van der Waals surface area contributed by atoms with Crippen LogP contribution in [0.1, 0.15) is 37.9 Å². The summed E-state index contributed by atoms with van der Waals surface area (Å²) in [6.07, 6.45) is 3.36. The first kappa shape index (κ1) is 16.5. The van der Waals surface area contributed by atoms with E-state index >= 15 is 0 Å². The quantitative estimate of drug-likeness (QED) is 0.450. The molecule has 0 spiro atoms. The summed E-state index contributed by atoms with van der Waals surface area (Å²) in [7, 11) is 0. The molecular weight excluding hydrogens is 290 g/mol. The number of amides is 1. The summed E-state index contributed by atoms with van der Waals surface area (Å²) in [5, 5.41) is 27.7. The molecule has 2 unspecified atom stereocenters. The van der Waals surface area contributed by atoms with Crippen molar-refractivity contribution in [3.63, 3.8) is 0 Å². The third-order valence-electron chi connectivity index (χ3n) is 3.85. The van der Waals surface area contributed by atoms with Gasteiger partial charge in [0, 0.05) is 5.92 Å². The van der Waals surface area contributed by atoms with Gasteiger partial charge in [-0.3, -0.25) is 14.6 Å². The summed E-state index contributed by atoms with van der Waals surface area (Å²) in [4.78, 5) is 25.7. The van der Waals surface area contributed by atoms with Crippen LogP contribution in [0.3, 0.4) is 0 Å². The van der Waals surface area contributed by atoms with E-state index in [1.54, 1.807) is 0 Å².